The lowest BCUT2D eigenvalue weighted by atomic mass is 10.2. The third kappa shape index (κ3) is 6.65. The van der Waals surface area contributed by atoms with Crippen LogP contribution in [0, 0.1) is 0 Å². The summed E-state index contributed by atoms with van der Waals surface area (Å²) in [7, 11) is -0.882. The fourth-order valence-corrected chi connectivity index (χ4v) is 3.68. The van der Waals surface area contributed by atoms with E-state index in [1.807, 2.05) is 56.9 Å². The van der Waals surface area contributed by atoms with Gasteiger partial charge in [-0.1, -0.05) is 12.1 Å². The van der Waals surface area contributed by atoms with Crippen LogP contribution in [0.4, 0.5) is 5.69 Å². The second kappa shape index (κ2) is 9.88. The zero-order valence-electron chi connectivity index (χ0n) is 16.9. The van der Waals surface area contributed by atoms with Crippen molar-refractivity contribution >= 4 is 28.4 Å². The van der Waals surface area contributed by atoms with Crippen molar-refractivity contribution in [3.8, 4) is 0 Å². The van der Waals surface area contributed by atoms with E-state index < -0.39 is 10.8 Å². The van der Waals surface area contributed by atoms with Gasteiger partial charge < -0.3 is 15.5 Å². The number of anilines is 1. The molecule has 2 rings (SSSR count). The zero-order chi connectivity index (χ0) is 19.9. The number of hydrogen-bond donors (Lipinski definition) is 2. The van der Waals surface area contributed by atoms with Crippen LogP contribution in [-0.4, -0.2) is 46.2 Å². The van der Waals surface area contributed by atoms with Crippen molar-refractivity contribution in [3.05, 3.63) is 29.8 Å². The Bertz CT molecular complexity index is 680. The van der Waals surface area contributed by atoms with Gasteiger partial charge in [-0.25, -0.2) is 4.99 Å². The normalized spacial score (nSPS) is 16.5. The molecule has 0 spiro atoms. The summed E-state index contributed by atoms with van der Waals surface area (Å²) in [5.41, 5.74) is 2.04. The smallest absolute Gasteiger partial charge is 0.227 e. The summed E-state index contributed by atoms with van der Waals surface area (Å²) in [6.45, 7) is 10.7. The number of hydrogen-bond acceptors (Lipinski definition) is 3. The van der Waals surface area contributed by atoms with Gasteiger partial charge in [0.15, 0.2) is 5.96 Å². The van der Waals surface area contributed by atoms with Gasteiger partial charge in [-0.3, -0.25) is 9.00 Å². The Kier molecular flexibility index (Phi) is 7.83. The van der Waals surface area contributed by atoms with Crippen LogP contribution < -0.4 is 15.5 Å². The van der Waals surface area contributed by atoms with Gasteiger partial charge in [0.05, 0.1) is 6.54 Å². The highest BCUT2D eigenvalue weighted by molar-refractivity contribution is 7.86. The van der Waals surface area contributed by atoms with Crippen LogP contribution in [0.3, 0.4) is 0 Å². The van der Waals surface area contributed by atoms with Gasteiger partial charge in [-0.05, 0) is 51.8 Å². The number of aliphatic imine (C=N–C) groups is 1. The minimum atomic E-state index is -0.882. The van der Waals surface area contributed by atoms with Crippen LogP contribution in [0.15, 0.2) is 29.3 Å². The molecule has 6 nitrogen and oxygen atoms in total. The van der Waals surface area contributed by atoms with Gasteiger partial charge >= 0.3 is 0 Å². The summed E-state index contributed by atoms with van der Waals surface area (Å²) >= 11 is 0. The van der Waals surface area contributed by atoms with Crippen LogP contribution in [0.5, 0.6) is 0 Å². The van der Waals surface area contributed by atoms with Crippen LogP contribution in [0.25, 0.3) is 0 Å². The van der Waals surface area contributed by atoms with Gasteiger partial charge in [0.1, 0.15) is 0 Å². The van der Waals surface area contributed by atoms with Crippen molar-refractivity contribution in [2.75, 3.05) is 30.3 Å². The predicted molar refractivity (Wildman–Crippen MR) is 114 cm³/mol. The molecule has 1 amide bonds. The molecule has 1 atom stereocenters. The predicted octanol–water partition coefficient (Wildman–Crippen LogP) is 2.42. The average molecular weight is 393 g/mol. The van der Waals surface area contributed by atoms with E-state index in [2.05, 4.69) is 15.6 Å². The van der Waals surface area contributed by atoms with E-state index in [9.17, 15) is 9.00 Å². The Morgan fingerprint density at radius 3 is 2.48 bits per heavy atom. The third-order valence-corrected chi connectivity index (χ3v) is 6.29. The number of nitrogens with one attached hydrogen (secondary N) is 2. The Morgan fingerprint density at radius 2 is 1.93 bits per heavy atom. The maximum Gasteiger partial charge on any atom is 0.227 e. The molecule has 0 radical (unpaired) electrons. The average Bonchev–Trinajstić information content (AvgIpc) is 3.05. The van der Waals surface area contributed by atoms with E-state index in [-0.39, 0.29) is 10.7 Å². The maximum absolute atomic E-state index is 12.1. The summed E-state index contributed by atoms with van der Waals surface area (Å²) in [5.74, 6) is 1.51. The molecule has 0 saturated carbocycles. The molecule has 1 aliphatic heterocycles. The molecule has 1 aromatic carbocycles. The second-order valence-corrected chi connectivity index (χ2v) is 9.92. The van der Waals surface area contributed by atoms with Crippen LogP contribution in [0.2, 0.25) is 0 Å². The number of nitrogens with zero attached hydrogens (tertiary/aromatic N) is 2. The third-order valence-electron chi connectivity index (χ3n) is 4.35. The van der Waals surface area contributed by atoms with Crippen molar-refractivity contribution in [3.63, 3.8) is 0 Å². The largest absolute Gasteiger partial charge is 0.357 e. The SMILES string of the molecule is CCNC(=NCc1ccc(N2CCCC2=O)cc1)NCCS(=O)C(C)(C)C. The number of guanidine groups is 1. The first-order chi connectivity index (χ1) is 12.8. The topological polar surface area (TPSA) is 73.8 Å². The summed E-state index contributed by atoms with van der Waals surface area (Å²) < 4.78 is 11.9. The maximum atomic E-state index is 12.1. The molecule has 0 aliphatic carbocycles. The fourth-order valence-electron chi connectivity index (χ4n) is 2.78. The Morgan fingerprint density at radius 1 is 1.22 bits per heavy atom. The van der Waals surface area contributed by atoms with Gasteiger partial charge in [0.25, 0.3) is 0 Å². The molecule has 1 saturated heterocycles. The minimum absolute atomic E-state index is 0.199. The van der Waals surface area contributed by atoms with Gasteiger partial charge in [-0.15, -0.1) is 0 Å². The lowest BCUT2D eigenvalue weighted by Crippen LogP contribution is -2.40. The molecule has 1 fully saturated rings. The first kappa shape index (κ1) is 21.4. The highest BCUT2D eigenvalue weighted by atomic mass is 32.2. The van der Waals surface area contributed by atoms with E-state index in [1.165, 1.54) is 0 Å². The Labute approximate surface area is 165 Å². The van der Waals surface area contributed by atoms with E-state index in [1.54, 1.807) is 0 Å². The summed E-state index contributed by atoms with van der Waals surface area (Å²) in [5, 5.41) is 6.46. The quantitative estimate of drug-likeness (QED) is 0.552. The van der Waals surface area contributed by atoms with Crippen molar-refractivity contribution < 1.29 is 9.00 Å². The fraction of sp³-hybridized carbons (Fsp3) is 0.600. The Hall–Kier alpha value is -1.89. The number of carbonyl (C=O) groups excluding carboxylic acids is 1. The molecule has 1 heterocycles. The standard InChI is InChI=1S/C20H32N4O2S/c1-5-21-19(22-12-14-27(26)20(2,3)4)23-15-16-8-10-17(11-9-16)24-13-6-7-18(24)25/h8-11H,5-7,12-15H2,1-4H3,(H2,21,22,23). The number of rotatable bonds is 7. The van der Waals surface area contributed by atoms with Crippen molar-refractivity contribution in [2.45, 2.75) is 51.8 Å². The lowest BCUT2D eigenvalue weighted by molar-refractivity contribution is -0.117. The molecular formula is C20H32N4O2S. The minimum Gasteiger partial charge on any atom is -0.357 e. The summed E-state index contributed by atoms with van der Waals surface area (Å²) in [6.07, 6.45) is 1.58. The molecular weight excluding hydrogens is 360 g/mol. The van der Waals surface area contributed by atoms with E-state index in [0.29, 0.717) is 25.3 Å². The molecule has 1 aromatic rings. The monoisotopic (exact) mass is 392 g/mol. The van der Waals surface area contributed by atoms with Crippen LogP contribution in [0.1, 0.15) is 46.1 Å². The van der Waals surface area contributed by atoms with Crippen LogP contribution in [-0.2, 0) is 22.1 Å². The molecule has 0 bridgehead atoms. The first-order valence-electron chi connectivity index (χ1n) is 9.61. The first-order valence-corrected chi connectivity index (χ1v) is 10.9. The van der Waals surface area contributed by atoms with E-state index in [0.717, 1.165) is 36.7 Å². The number of carbonyl (C=O) groups is 1. The van der Waals surface area contributed by atoms with E-state index in [4.69, 9.17) is 0 Å². The highest BCUT2D eigenvalue weighted by Crippen LogP contribution is 2.21. The molecule has 27 heavy (non-hydrogen) atoms. The Balaban J connectivity index is 1.90. The van der Waals surface area contributed by atoms with Crippen molar-refractivity contribution in [1.82, 2.24) is 10.6 Å². The molecule has 2 N–H and O–H groups in total. The van der Waals surface area contributed by atoms with Gasteiger partial charge in [0.2, 0.25) is 5.91 Å². The highest BCUT2D eigenvalue weighted by Gasteiger charge is 2.21. The summed E-state index contributed by atoms with van der Waals surface area (Å²) in [4.78, 5) is 18.3. The van der Waals surface area contributed by atoms with Gasteiger partial charge in [-0.2, -0.15) is 0 Å². The number of amides is 1. The zero-order valence-corrected chi connectivity index (χ0v) is 17.7. The van der Waals surface area contributed by atoms with Crippen molar-refractivity contribution in [2.24, 2.45) is 4.99 Å². The van der Waals surface area contributed by atoms with Crippen LogP contribution >= 0.6 is 0 Å². The van der Waals surface area contributed by atoms with Gasteiger partial charge in [0, 0.05) is 53.0 Å². The lowest BCUT2D eigenvalue weighted by Gasteiger charge is -2.18. The number of benzene rings is 1. The molecule has 1 unspecified atom stereocenters. The molecule has 150 valence electrons. The molecule has 7 heteroatoms. The second-order valence-electron chi connectivity index (χ2n) is 7.60. The molecule has 1 aliphatic rings. The molecule has 0 aromatic heterocycles. The van der Waals surface area contributed by atoms with Crippen molar-refractivity contribution in [1.29, 1.82) is 0 Å². The summed E-state index contributed by atoms with van der Waals surface area (Å²) in [6, 6.07) is 8.01. The van der Waals surface area contributed by atoms with E-state index >= 15 is 0 Å².